The number of H-pyrrole nitrogens is 1. The van der Waals surface area contributed by atoms with Crippen molar-refractivity contribution < 1.29 is 19.1 Å². The molecule has 0 atom stereocenters. The van der Waals surface area contributed by atoms with Crippen LogP contribution in [0.5, 0.6) is 11.5 Å². The van der Waals surface area contributed by atoms with Gasteiger partial charge in [-0.2, -0.15) is 0 Å². The Bertz CT molecular complexity index is 985. The van der Waals surface area contributed by atoms with Crippen molar-refractivity contribution in [2.24, 2.45) is 0 Å². The molecule has 0 spiro atoms. The predicted molar refractivity (Wildman–Crippen MR) is 107 cm³/mol. The van der Waals surface area contributed by atoms with E-state index in [1.807, 2.05) is 30.3 Å². The normalized spacial score (nSPS) is 10.3. The lowest BCUT2D eigenvalue weighted by Crippen LogP contribution is -2.29. The van der Waals surface area contributed by atoms with Crippen LogP contribution in [0.15, 0.2) is 54.9 Å². The highest BCUT2D eigenvalue weighted by atomic mass is 16.5. The molecule has 0 saturated carbocycles. The first-order valence-corrected chi connectivity index (χ1v) is 8.97. The van der Waals surface area contributed by atoms with Crippen LogP contribution in [-0.2, 0) is 13.1 Å². The second-order valence-electron chi connectivity index (χ2n) is 6.15. The number of aromatic amines is 1. The summed E-state index contributed by atoms with van der Waals surface area (Å²) >= 11 is 0. The van der Waals surface area contributed by atoms with Gasteiger partial charge in [-0.3, -0.25) is 9.59 Å². The fraction of sp³-hybridized carbons (Fsp3) is 0.190. The minimum absolute atomic E-state index is 0.0254. The number of imidazole rings is 1. The van der Waals surface area contributed by atoms with Gasteiger partial charge in [0.2, 0.25) is 0 Å². The summed E-state index contributed by atoms with van der Waals surface area (Å²) in [6, 6.07) is 14.8. The highest BCUT2D eigenvalue weighted by Gasteiger charge is 2.20. The van der Waals surface area contributed by atoms with Gasteiger partial charge in [-0.25, -0.2) is 4.98 Å². The topological polar surface area (TPSA) is 105 Å². The first-order valence-electron chi connectivity index (χ1n) is 8.97. The number of ether oxygens (including phenoxy) is 2. The molecule has 8 heteroatoms. The number of nitrogens with one attached hydrogen (secondary N) is 3. The van der Waals surface area contributed by atoms with E-state index in [0.717, 1.165) is 11.1 Å². The van der Waals surface area contributed by atoms with Crippen LogP contribution < -0.4 is 20.1 Å². The van der Waals surface area contributed by atoms with Gasteiger partial charge in [0, 0.05) is 18.7 Å². The van der Waals surface area contributed by atoms with Crippen molar-refractivity contribution in [3.05, 3.63) is 77.4 Å². The summed E-state index contributed by atoms with van der Waals surface area (Å²) in [5.74, 6) is 0.390. The van der Waals surface area contributed by atoms with Gasteiger partial charge >= 0.3 is 0 Å². The third kappa shape index (κ3) is 4.92. The second-order valence-corrected chi connectivity index (χ2v) is 6.15. The van der Waals surface area contributed by atoms with E-state index in [-0.39, 0.29) is 17.9 Å². The molecule has 0 bridgehead atoms. The van der Waals surface area contributed by atoms with Gasteiger partial charge in [-0.05, 0) is 23.8 Å². The molecule has 150 valence electrons. The maximum absolute atomic E-state index is 12.6. The summed E-state index contributed by atoms with van der Waals surface area (Å²) in [7, 11) is 3.12. The number of carbonyl (C=O) groups is 2. The average molecular weight is 394 g/mol. The molecule has 3 rings (SSSR count). The molecule has 0 fully saturated rings. The Kier molecular flexibility index (Phi) is 6.47. The van der Waals surface area contributed by atoms with Gasteiger partial charge in [0.25, 0.3) is 11.8 Å². The van der Waals surface area contributed by atoms with Gasteiger partial charge in [-0.15, -0.1) is 0 Å². The molecule has 29 heavy (non-hydrogen) atoms. The molecule has 0 aliphatic rings. The molecule has 1 aromatic heterocycles. The van der Waals surface area contributed by atoms with Crippen LogP contribution in [-0.4, -0.2) is 36.0 Å². The zero-order valence-electron chi connectivity index (χ0n) is 16.2. The average Bonchev–Trinajstić information content (AvgIpc) is 3.26. The number of carbonyl (C=O) groups excluding carboxylic acids is 2. The molecule has 8 nitrogen and oxygen atoms in total. The second kappa shape index (κ2) is 9.41. The number of hydrogen-bond acceptors (Lipinski definition) is 5. The summed E-state index contributed by atoms with van der Waals surface area (Å²) in [6.07, 6.45) is 1.32. The van der Waals surface area contributed by atoms with Gasteiger partial charge in [0.1, 0.15) is 17.2 Å². The van der Waals surface area contributed by atoms with Crippen LogP contribution in [0.4, 0.5) is 0 Å². The first-order chi connectivity index (χ1) is 14.1. The van der Waals surface area contributed by atoms with Crippen LogP contribution in [0.3, 0.4) is 0 Å². The summed E-state index contributed by atoms with van der Waals surface area (Å²) in [5.41, 5.74) is 1.83. The Morgan fingerprint density at radius 3 is 2.45 bits per heavy atom. The summed E-state index contributed by atoms with van der Waals surface area (Å²) in [4.78, 5) is 31.8. The highest BCUT2D eigenvalue weighted by molar-refractivity contribution is 6.04. The lowest BCUT2D eigenvalue weighted by Gasteiger charge is -2.11. The van der Waals surface area contributed by atoms with Crippen LogP contribution in [0.1, 0.15) is 32.1 Å². The van der Waals surface area contributed by atoms with E-state index in [1.54, 1.807) is 32.4 Å². The third-order valence-corrected chi connectivity index (χ3v) is 4.30. The van der Waals surface area contributed by atoms with Crippen molar-refractivity contribution in [1.82, 2.24) is 20.6 Å². The van der Waals surface area contributed by atoms with E-state index in [9.17, 15) is 9.59 Å². The summed E-state index contributed by atoms with van der Waals surface area (Å²) in [6.45, 7) is 0.540. The molecule has 0 aliphatic heterocycles. The molecule has 2 aromatic carbocycles. The maximum Gasteiger partial charge on any atom is 0.272 e. The number of benzene rings is 2. The number of methoxy groups -OCH3 is 2. The van der Waals surface area contributed by atoms with Crippen molar-refractivity contribution in [1.29, 1.82) is 0 Å². The number of nitrogens with zero attached hydrogens (tertiary/aromatic N) is 1. The monoisotopic (exact) mass is 394 g/mol. The van der Waals surface area contributed by atoms with E-state index in [2.05, 4.69) is 20.6 Å². The minimum Gasteiger partial charge on any atom is -0.497 e. The standard InChI is InChI=1S/C21H22N4O4/c1-28-16-8-9-17(29-2)15(10-16)12-23-21(27)19-18(24-13-25-19)20(26)22-11-14-6-4-3-5-7-14/h3-10,13H,11-12H2,1-2H3,(H,22,26)(H,23,27)(H,24,25). The van der Waals surface area contributed by atoms with Crippen LogP contribution in [0, 0.1) is 0 Å². The molecule has 3 N–H and O–H groups in total. The van der Waals surface area contributed by atoms with E-state index >= 15 is 0 Å². The molecular formula is C21H22N4O4. The summed E-state index contributed by atoms with van der Waals surface area (Å²) in [5, 5.41) is 5.54. The Morgan fingerprint density at radius 2 is 1.72 bits per heavy atom. The Labute approximate surface area is 168 Å². The van der Waals surface area contributed by atoms with Crippen molar-refractivity contribution in [2.75, 3.05) is 14.2 Å². The highest BCUT2D eigenvalue weighted by Crippen LogP contribution is 2.23. The van der Waals surface area contributed by atoms with Gasteiger partial charge in [0.15, 0.2) is 5.69 Å². The largest absolute Gasteiger partial charge is 0.497 e. The molecule has 0 aliphatic carbocycles. The van der Waals surface area contributed by atoms with Crippen molar-refractivity contribution in [3.63, 3.8) is 0 Å². The molecule has 2 amide bonds. The predicted octanol–water partition coefficient (Wildman–Crippen LogP) is 2.29. The zero-order chi connectivity index (χ0) is 20.6. The Morgan fingerprint density at radius 1 is 0.966 bits per heavy atom. The van der Waals surface area contributed by atoms with E-state index < -0.39 is 11.8 Å². The molecule has 0 unspecified atom stereocenters. The van der Waals surface area contributed by atoms with Crippen molar-refractivity contribution in [2.45, 2.75) is 13.1 Å². The molecule has 0 saturated heterocycles. The maximum atomic E-state index is 12.6. The lowest BCUT2D eigenvalue weighted by atomic mass is 10.2. The van der Waals surface area contributed by atoms with E-state index in [0.29, 0.717) is 18.0 Å². The van der Waals surface area contributed by atoms with Gasteiger partial charge in [0.05, 0.1) is 20.5 Å². The fourth-order valence-corrected chi connectivity index (χ4v) is 2.79. The summed E-state index contributed by atoms with van der Waals surface area (Å²) < 4.78 is 10.5. The number of aromatic nitrogens is 2. The molecular weight excluding hydrogens is 372 g/mol. The lowest BCUT2D eigenvalue weighted by molar-refractivity contribution is 0.0911. The fourth-order valence-electron chi connectivity index (χ4n) is 2.79. The number of amides is 2. The minimum atomic E-state index is -0.471. The van der Waals surface area contributed by atoms with Crippen LogP contribution in [0.25, 0.3) is 0 Å². The number of hydrogen-bond donors (Lipinski definition) is 3. The van der Waals surface area contributed by atoms with Gasteiger partial charge < -0.3 is 25.1 Å². The number of rotatable bonds is 8. The van der Waals surface area contributed by atoms with Gasteiger partial charge in [-0.1, -0.05) is 30.3 Å². The van der Waals surface area contributed by atoms with Crippen LogP contribution >= 0.6 is 0 Å². The molecule has 3 aromatic rings. The van der Waals surface area contributed by atoms with Crippen LogP contribution in [0.2, 0.25) is 0 Å². The quantitative estimate of drug-likeness (QED) is 0.544. The van der Waals surface area contributed by atoms with E-state index in [4.69, 9.17) is 9.47 Å². The molecule has 1 heterocycles. The zero-order valence-corrected chi connectivity index (χ0v) is 16.2. The van der Waals surface area contributed by atoms with Crippen molar-refractivity contribution >= 4 is 11.8 Å². The SMILES string of the molecule is COc1ccc(OC)c(CNC(=O)c2nc[nH]c2C(=O)NCc2ccccc2)c1. The molecule has 0 radical (unpaired) electrons. The van der Waals surface area contributed by atoms with Crippen molar-refractivity contribution in [3.8, 4) is 11.5 Å². The van der Waals surface area contributed by atoms with E-state index in [1.165, 1.54) is 6.33 Å². The smallest absolute Gasteiger partial charge is 0.272 e. The Hall–Kier alpha value is -3.81. The third-order valence-electron chi connectivity index (χ3n) is 4.30. The first kappa shape index (κ1) is 19.9. The Balaban J connectivity index is 1.65.